The van der Waals surface area contributed by atoms with Gasteiger partial charge in [0.15, 0.2) is 0 Å². The lowest BCUT2D eigenvalue weighted by molar-refractivity contribution is 0.244. The zero-order valence-electron chi connectivity index (χ0n) is 10.6. The number of nitrogens with zero attached hydrogens (tertiary/aromatic N) is 3. The molecule has 1 fully saturated rings. The van der Waals surface area contributed by atoms with E-state index in [0.29, 0.717) is 12.5 Å². The van der Waals surface area contributed by atoms with E-state index in [0.717, 1.165) is 38.3 Å². The summed E-state index contributed by atoms with van der Waals surface area (Å²) in [6, 6.07) is -0.228. The molecule has 19 heavy (non-hydrogen) atoms. The first kappa shape index (κ1) is 13.7. The van der Waals surface area contributed by atoms with Crippen LogP contribution in [0.1, 0.15) is 19.3 Å². The fourth-order valence-corrected chi connectivity index (χ4v) is 2.39. The third-order valence-corrected chi connectivity index (χ3v) is 3.46. The SMILES string of the molecule is O=C(NC=S)NCCC1CCN(c2ncn[nH]2)CC1. The molecule has 0 aromatic carbocycles. The van der Waals surface area contributed by atoms with Crippen LogP contribution in [0.4, 0.5) is 10.7 Å². The summed E-state index contributed by atoms with van der Waals surface area (Å²) in [4.78, 5) is 17.5. The lowest BCUT2D eigenvalue weighted by Gasteiger charge is -2.31. The summed E-state index contributed by atoms with van der Waals surface area (Å²) in [6.07, 6.45) is 4.74. The van der Waals surface area contributed by atoms with Gasteiger partial charge in [0.2, 0.25) is 5.95 Å². The molecule has 2 amide bonds. The highest BCUT2D eigenvalue weighted by molar-refractivity contribution is 7.78. The van der Waals surface area contributed by atoms with Crippen molar-refractivity contribution in [3.8, 4) is 0 Å². The van der Waals surface area contributed by atoms with E-state index in [2.05, 4.69) is 42.9 Å². The van der Waals surface area contributed by atoms with Crippen LogP contribution in [0.15, 0.2) is 6.33 Å². The predicted molar refractivity (Wildman–Crippen MR) is 76.1 cm³/mol. The zero-order valence-corrected chi connectivity index (χ0v) is 11.4. The minimum Gasteiger partial charge on any atom is -0.341 e. The van der Waals surface area contributed by atoms with Crippen molar-refractivity contribution in [2.24, 2.45) is 5.92 Å². The minimum atomic E-state index is -0.228. The van der Waals surface area contributed by atoms with Crippen molar-refractivity contribution in [1.29, 1.82) is 0 Å². The van der Waals surface area contributed by atoms with Gasteiger partial charge in [-0.2, -0.15) is 10.1 Å². The van der Waals surface area contributed by atoms with Crippen LogP contribution in [0.3, 0.4) is 0 Å². The van der Waals surface area contributed by atoms with E-state index < -0.39 is 0 Å². The van der Waals surface area contributed by atoms with Crippen LogP contribution < -0.4 is 15.5 Å². The second kappa shape index (κ2) is 7.03. The Bertz CT molecular complexity index is 401. The fraction of sp³-hybridized carbons (Fsp3) is 0.636. The van der Waals surface area contributed by atoms with Gasteiger partial charge in [0.1, 0.15) is 6.33 Å². The van der Waals surface area contributed by atoms with Crippen molar-refractivity contribution in [1.82, 2.24) is 25.8 Å². The number of aromatic amines is 1. The van der Waals surface area contributed by atoms with Crippen LogP contribution in [0, 0.1) is 5.92 Å². The molecule has 0 atom stereocenters. The number of amides is 2. The summed E-state index contributed by atoms with van der Waals surface area (Å²) in [5.41, 5.74) is 1.21. The molecule has 2 heterocycles. The van der Waals surface area contributed by atoms with Crippen molar-refractivity contribution in [2.45, 2.75) is 19.3 Å². The van der Waals surface area contributed by atoms with Crippen LogP contribution >= 0.6 is 12.2 Å². The Labute approximate surface area is 117 Å². The highest BCUT2D eigenvalue weighted by Gasteiger charge is 2.20. The van der Waals surface area contributed by atoms with Gasteiger partial charge in [-0.25, -0.2) is 9.89 Å². The lowest BCUT2D eigenvalue weighted by Crippen LogP contribution is -2.38. The number of H-pyrrole nitrogens is 1. The number of hydrogen-bond acceptors (Lipinski definition) is 5. The molecule has 0 saturated carbocycles. The van der Waals surface area contributed by atoms with E-state index in [1.54, 1.807) is 0 Å². The third kappa shape index (κ3) is 4.16. The molecule has 0 spiro atoms. The van der Waals surface area contributed by atoms with Crippen LogP contribution in [0.2, 0.25) is 0 Å². The Morgan fingerprint density at radius 3 is 3.00 bits per heavy atom. The smallest absolute Gasteiger partial charge is 0.319 e. The second-order valence-electron chi connectivity index (χ2n) is 4.55. The first-order valence-electron chi connectivity index (χ1n) is 6.38. The van der Waals surface area contributed by atoms with Gasteiger partial charge >= 0.3 is 6.03 Å². The topological polar surface area (TPSA) is 85.9 Å². The Morgan fingerprint density at radius 2 is 2.37 bits per heavy atom. The number of piperidine rings is 1. The number of nitrogens with one attached hydrogen (secondary N) is 3. The van der Waals surface area contributed by atoms with Crippen molar-refractivity contribution in [2.75, 3.05) is 24.5 Å². The van der Waals surface area contributed by atoms with Gasteiger partial charge in [0, 0.05) is 19.6 Å². The average Bonchev–Trinajstić information content (AvgIpc) is 2.94. The number of carbonyl (C=O) groups is 1. The van der Waals surface area contributed by atoms with E-state index in [-0.39, 0.29) is 6.03 Å². The maximum Gasteiger partial charge on any atom is 0.319 e. The summed E-state index contributed by atoms with van der Waals surface area (Å²) >= 11 is 4.54. The normalized spacial score (nSPS) is 16.1. The van der Waals surface area contributed by atoms with Gasteiger partial charge in [0.25, 0.3) is 0 Å². The van der Waals surface area contributed by atoms with Gasteiger partial charge in [-0.05, 0) is 25.2 Å². The van der Waals surface area contributed by atoms with Crippen LogP contribution in [0.25, 0.3) is 0 Å². The number of hydrogen-bond donors (Lipinski definition) is 3. The molecule has 1 aliphatic heterocycles. The van der Waals surface area contributed by atoms with Gasteiger partial charge in [0.05, 0.1) is 5.49 Å². The van der Waals surface area contributed by atoms with Crippen LogP contribution in [-0.4, -0.2) is 46.3 Å². The molecule has 0 radical (unpaired) electrons. The Morgan fingerprint density at radius 1 is 1.58 bits per heavy atom. The number of thiocarbonyl (C=S) groups is 1. The van der Waals surface area contributed by atoms with Gasteiger partial charge in [-0.15, -0.1) is 0 Å². The lowest BCUT2D eigenvalue weighted by atomic mass is 9.94. The highest BCUT2D eigenvalue weighted by atomic mass is 32.1. The summed E-state index contributed by atoms with van der Waals surface area (Å²) < 4.78 is 0. The third-order valence-electron chi connectivity index (χ3n) is 3.34. The van der Waals surface area contributed by atoms with Crippen molar-refractivity contribution in [3.05, 3.63) is 6.33 Å². The first-order chi connectivity index (χ1) is 9.29. The molecule has 7 nitrogen and oxygen atoms in total. The summed E-state index contributed by atoms with van der Waals surface area (Å²) in [5.74, 6) is 1.49. The molecule has 2 rings (SSSR count). The molecular formula is C11H18N6OS. The molecule has 0 bridgehead atoms. The molecule has 8 heteroatoms. The Balaban J connectivity index is 1.64. The van der Waals surface area contributed by atoms with E-state index in [1.807, 2.05) is 0 Å². The number of aromatic nitrogens is 3. The predicted octanol–water partition coefficient (Wildman–Crippen LogP) is 0.668. The minimum absolute atomic E-state index is 0.228. The molecular weight excluding hydrogens is 264 g/mol. The number of urea groups is 1. The Hall–Kier alpha value is -1.70. The monoisotopic (exact) mass is 282 g/mol. The van der Waals surface area contributed by atoms with E-state index in [1.165, 1.54) is 11.8 Å². The van der Waals surface area contributed by atoms with E-state index in [4.69, 9.17) is 0 Å². The number of carbonyl (C=O) groups excluding carboxylic acids is 1. The summed E-state index contributed by atoms with van der Waals surface area (Å²) in [5, 5.41) is 11.9. The number of anilines is 1. The molecule has 3 N–H and O–H groups in total. The summed E-state index contributed by atoms with van der Waals surface area (Å²) in [7, 11) is 0. The molecule has 104 valence electrons. The quantitative estimate of drug-likeness (QED) is 0.691. The summed E-state index contributed by atoms with van der Waals surface area (Å²) in [6.45, 7) is 2.64. The van der Waals surface area contributed by atoms with Gasteiger partial charge < -0.3 is 15.5 Å². The molecule has 1 aromatic heterocycles. The number of rotatable bonds is 5. The fourth-order valence-electron chi connectivity index (χ4n) is 2.28. The highest BCUT2D eigenvalue weighted by Crippen LogP contribution is 2.22. The van der Waals surface area contributed by atoms with Crippen molar-refractivity contribution < 1.29 is 4.79 Å². The molecule has 1 aliphatic rings. The van der Waals surface area contributed by atoms with Crippen molar-refractivity contribution >= 4 is 29.7 Å². The molecule has 1 aromatic rings. The van der Waals surface area contributed by atoms with Gasteiger partial charge in [-0.3, -0.25) is 0 Å². The van der Waals surface area contributed by atoms with Crippen LogP contribution in [0.5, 0.6) is 0 Å². The van der Waals surface area contributed by atoms with E-state index in [9.17, 15) is 4.79 Å². The molecule has 1 saturated heterocycles. The first-order valence-corrected chi connectivity index (χ1v) is 6.85. The zero-order chi connectivity index (χ0) is 13.5. The van der Waals surface area contributed by atoms with Crippen molar-refractivity contribution in [3.63, 3.8) is 0 Å². The molecule has 0 aliphatic carbocycles. The van der Waals surface area contributed by atoms with Gasteiger partial charge in [-0.1, -0.05) is 12.2 Å². The maximum atomic E-state index is 11.1. The standard InChI is InChI=1S/C11H18N6OS/c18-11(14-8-19)12-4-1-9-2-5-17(6-3-9)10-13-7-15-16-10/h7-9H,1-6H2,(H,13,15,16)(H2,12,14,18,19). The second-order valence-corrected chi connectivity index (χ2v) is 4.78. The average molecular weight is 282 g/mol. The van der Waals surface area contributed by atoms with E-state index >= 15 is 0 Å². The Kier molecular flexibility index (Phi) is 5.08. The molecule has 0 unspecified atom stereocenters. The van der Waals surface area contributed by atoms with Crippen LogP contribution in [-0.2, 0) is 0 Å². The largest absolute Gasteiger partial charge is 0.341 e. The maximum absolute atomic E-state index is 11.1.